The minimum atomic E-state index is -0.522. The molecule has 0 amide bonds. The topological polar surface area (TPSA) is 94.1 Å². The molecule has 0 spiro atoms. The van der Waals surface area contributed by atoms with Gasteiger partial charge in [0.25, 0.3) is 0 Å². The van der Waals surface area contributed by atoms with E-state index in [1.165, 1.54) is 0 Å². The normalized spacial score (nSPS) is 11.8. The van der Waals surface area contributed by atoms with E-state index in [9.17, 15) is 20.4 Å². The van der Waals surface area contributed by atoms with Crippen LogP contribution in [0.2, 0.25) is 0 Å². The van der Waals surface area contributed by atoms with Gasteiger partial charge in [-0.2, -0.15) is 0 Å². The van der Waals surface area contributed by atoms with Gasteiger partial charge >= 0.3 is 0 Å². The lowest BCUT2D eigenvalue weighted by Crippen LogP contribution is -1.93. The Labute approximate surface area is 291 Å². The van der Waals surface area contributed by atoms with Gasteiger partial charge in [-0.25, -0.2) is 0 Å². The maximum absolute atomic E-state index is 11.8. The molecule has 242 valence electrons. The average Bonchev–Trinajstić information content (AvgIpc) is 3.53. The smallest absolute Gasteiger partial charge is 0.170 e. The molecule has 0 aliphatic rings. The highest BCUT2D eigenvalue weighted by atomic mass is 16.3. The summed E-state index contributed by atoms with van der Waals surface area (Å²) in [4.78, 5) is 0. The Hall–Kier alpha value is -6.98. The van der Waals surface area contributed by atoms with Gasteiger partial charge in [0.05, 0.1) is 11.1 Å². The highest BCUT2D eigenvalue weighted by molar-refractivity contribution is 6.27. The summed E-state index contributed by atoms with van der Waals surface area (Å²) < 4.78 is 6.45. The lowest BCUT2D eigenvalue weighted by Gasteiger charge is -2.21. The van der Waals surface area contributed by atoms with Crippen LogP contribution in [0.1, 0.15) is 0 Å². The van der Waals surface area contributed by atoms with Crippen molar-refractivity contribution < 1.29 is 24.8 Å². The number of rotatable bonds is 3. The first-order valence-electron chi connectivity index (χ1n) is 16.7. The van der Waals surface area contributed by atoms with Crippen molar-refractivity contribution in [1.82, 2.24) is 0 Å². The quantitative estimate of drug-likeness (QED) is 0.0859. The van der Waals surface area contributed by atoms with E-state index in [1.807, 2.05) is 109 Å². The Morgan fingerprint density at radius 3 is 1.47 bits per heavy atom. The number of fused-ring (bicyclic) bond motifs is 7. The molecule has 0 bridgehead atoms. The molecule has 9 aromatic carbocycles. The van der Waals surface area contributed by atoms with Crippen LogP contribution in [0.4, 0.5) is 0 Å². The molecule has 0 atom stereocenters. The van der Waals surface area contributed by atoms with Crippen LogP contribution in [0.25, 0.3) is 98.4 Å². The molecule has 0 aliphatic carbocycles. The maximum atomic E-state index is 11.8. The summed E-state index contributed by atoms with van der Waals surface area (Å²) in [5.74, 6) is -2.08. The summed E-state index contributed by atoms with van der Waals surface area (Å²) in [6.07, 6.45) is 0. The Morgan fingerprint density at radius 1 is 0.333 bits per heavy atom. The fraction of sp³-hybridized carbons (Fsp3) is 0. The summed E-state index contributed by atoms with van der Waals surface area (Å²) in [6, 6.07) is 47.4. The van der Waals surface area contributed by atoms with Gasteiger partial charge in [0.2, 0.25) is 0 Å². The van der Waals surface area contributed by atoms with Crippen LogP contribution in [0.5, 0.6) is 23.0 Å². The third-order valence-electron chi connectivity index (χ3n) is 10.2. The molecule has 0 fully saturated rings. The second kappa shape index (κ2) is 10.8. The summed E-state index contributed by atoms with van der Waals surface area (Å²) in [5, 5.41) is 56.0. The van der Waals surface area contributed by atoms with Gasteiger partial charge in [0, 0.05) is 16.3 Å². The molecule has 5 heteroatoms. The molecule has 0 aliphatic heterocycles. The van der Waals surface area contributed by atoms with Crippen molar-refractivity contribution in [3.05, 3.63) is 146 Å². The van der Waals surface area contributed by atoms with E-state index < -0.39 is 23.0 Å². The molecule has 1 heterocycles. The number of benzene rings is 9. The first kappa shape index (κ1) is 29.0. The number of aromatic hydroxyl groups is 4. The first-order valence-corrected chi connectivity index (χ1v) is 16.7. The molecule has 10 rings (SSSR count). The van der Waals surface area contributed by atoms with Crippen LogP contribution < -0.4 is 0 Å². The van der Waals surface area contributed by atoms with Crippen LogP contribution in [0.15, 0.2) is 150 Å². The summed E-state index contributed by atoms with van der Waals surface area (Å²) in [5.41, 5.74) is 4.36. The monoisotopic (exact) mass is 660 g/mol. The van der Waals surface area contributed by atoms with Gasteiger partial charge in [-0.15, -0.1) is 0 Å². The van der Waals surface area contributed by atoms with Crippen molar-refractivity contribution in [2.75, 3.05) is 0 Å². The van der Waals surface area contributed by atoms with Gasteiger partial charge in [-0.1, -0.05) is 121 Å². The summed E-state index contributed by atoms with van der Waals surface area (Å²) in [6.45, 7) is 0. The van der Waals surface area contributed by atoms with E-state index in [0.29, 0.717) is 11.1 Å². The minimum absolute atomic E-state index is 0.0456. The third kappa shape index (κ3) is 4.15. The third-order valence-corrected chi connectivity index (χ3v) is 10.2. The van der Waals surface area contributed by atoms with Crippen LogP contribution in [-0.4, -0.2) is 20.4 Å². The van der Waals surface area contributed by atoms with Crippen LogP contribution in [0, 0.1) is 0 Å². The number of hydrogen-bond donors (Lipinski definition) is 4. The Kier molecular flexibility index (Phi) is 6.11. The number of furan rings is 1. The standard InChI is InChI=1S/C46H28O5/c47-43-38(29-21-20-25-10-1-2-11-26(25)22-29)44(48)46(50)42(45(43)49)41-32-16-7-5-14-30(32)39(31-15-6-8-17-33(31)41)34-18-9-19-36-40(34)35-23-27-12-3-4-13-28(27)24-37(35)51-36/h1-24,47-50H. The number of phenolic OH excluding ortho intramolecular Hbond substituents is 4. The van der Waals surface area contributed by atoms with E-state index in [0.717, 1.165) is 76.2 Å². The predicted octanol–water partition coefficient (Wildman–Crippen LogP) is 12.0. The van der Waals surface area contributed by atoms with Crippen molar-refractivity contribution in [2.45, 2.75) is 0 Å². The molecule has 10 aromatic rings. The molecule has 0 unspecified atom stereocenters. The van der Waals surface area contributed by atoms with E-state index in [4.69, 9.17) is 4.42 Å². The molecule has 0 saturated heterocycles. The van der Waals surface area contributed by atoms with Crippen molar-refractivity contribution in [3.63, 3.8) is 0 Å². The Bertz CT molecular complexity index is 2990. The average molecular weight is 661 g/mol. The predicted molar refractivity (Wildman–Crippen MR) is 207 cm³/mol. The summed E-state index contributed by atoms with van der Waals surface area (Å²) in [7, 11) is 0. The fourth-order valence-corrected chi connectivity index (χ4v) is 7.96. The molecule has 51 heavy (non-hydrogen) atoms. The molecule has 4 N–H and O–H groups in total. The van der Waals surface area contributed by atoms with Crippen LogP contribution >= 0.6 is 0 Å². The lowest BCUT2D eigenvalue weighted by atomic mass is 9.83. The molecule has 1 aromatic heterocycles. The molecule has 0 saturated carbocycles. The van der Waals surface area contributed by atoms with Crippen molar-refractivity contribution in [1.29, 1.82) is 0 Å². The van der Waals surface area contributed by atoms with Crippen molar-refractivity contribution >= 4 is 65.0 Å². The zero-order valence-corrected chi connectivity index (χ0v) is 27.1. The van der Waals surface area contributed by atoms with E-state index in [-0.39, 0.29) is 11.1 Å². The van der Waals surface area contributed by atoms with Gasteiger partial charge in [0.15, 0.2) is 23.0 Å². The number of hydrogen-bond acceptors (Lipinski definition) is 5. The SMILES string of the molecule is Oc1c(O)c(-c2c3ccccc3c(-c3cccc4oc5cc6ccccc6cc5c34)c3ccccc23)c(O)c(O)c1-c1ccc2ccccc2c1. The van der Waals surface area contributed by atoms with Crippen molar-refractivity contribution in [3.8, 4) is 56.4 Å². The van der Waals surface area contributed by atoms with E-state index in [2.05, 4.69) is 30.3 Å². The first-order chi connectivity index (χ1) is 25.0. The molecule has 0 radical (unpaired) electrons. The van der Waals surface area contributed by atoms with Gasteiger partial charge in [0.1, 0.15) is 11.2 Å². The minimum Gasteiger partial charge on any atom is -0.504 e. The molecular formula is C46H28O5. The van der Waals surface area contributed by atoms with Gasteiger partial charge < -0.3 is 24.8 Å². The Morgan fingerprint density at radius 2 is 0.843 bits per heavy atom. The lowest BCUT2D eigenvalue weighted by molar-refractivity contribution is 0.378. The largest absolute Gasteiger partial charge is 0.504 e. The highest BCUT2D eigenvalue weighted by Crippen LogP contribution is 2.58. The second-order valence-corrected chi connectivity index (χ2v) is 13.0. The molecule has 5 nitrogen and oxygen atoms in total. The fourth-order valence-electron chi connectivity index (χ4n) is 7.96. The Balaban J connectivity index is 1.28. The zero-order valence-electron chi connectivity index (χ0n) is 27.1. The van der Waals surface area contributed by atoms with Crippen molar-refractivity contribution in [2.24, 2.45) is 0 Å². The van der Waals surface area contributed by atoms with Crippen LogP contribution in [-0.2, 0) is 0 Å². The van der Waals surface area contributed by atoms with Crippen LogP contribution in [0.3, 0.4) is 0 Å². The van der Waals surface area contributed by atoms with Gasteiger partial charge in [-0.3, -0.25) is 0 Å². The maximum Gasteiger partial charge on any atom is 0.170 e. The second-order valence-electron chi connectivity index (χ2n) is 13.0. The highest BCUT2D eigenvalue weighted by Gasteiger charge is 2.29. The van der Waals surface area contributed by atoms with E-state index >= 15 is 0 Å². The summed E-state index contributed by atoms with van der Waals surface area (Å²) >= 11 is 0. The van der Waals surface area contributed by atoms with Gasteiger partial charge in [-0.05, 0) is 84.0 Å². The number of phenols is 4. The van der Waals surface area contributed by atoms with E-state index in [1.54, 1.807) is 6.07 Å². The zero-order chi connectivity index (χ0) is 34.4. The molecular weight excluding hydrogens is 633 g/mol.